The van der Waals surface area contributed by atoms with Gasteiger partial charge in [-0.1, -0.05) is 0 Å². The van der Waals surface area contributed by atoms with E-state index in [0.29, 0.717) is 11.5 Å². The van der Waals surface area contributed by atoms with Gasteiger partial charge in [-0.15, -0.1) is 13.2 Å². The van der Waals surface area contributed by atoms with E-state index in [4.69, 9.17) is 14.2 Å². The van der Waals surface area contributed by atoms with Crippen molar-refractivity contribution in [1.82, 2.24) is 5.32 Å². The molecule has 8 nitrogen and oxygen atoms in total. The zero-order valence-corrected chi connectivity index (χ0v) is 18.4. The minimum atomic E-state index is -4.72. The first kappa shape index (κ1) is 23.8. The number of benzene rings is 2. The van der Waals surface area contributed by atoms with Crippen LogP contribution >= 0.6 is 0 Å². The number of halogens is 3. The van der Waals surface area contributed by atoms with E-state index >= 15 is 0 Å². The van der Waals surface area contributed by atoms with Crippen LogP contribution in [0.5, 0.6) is 17.2 Å². The van der Waals surface area contributed by atoms with Crippen molar-refractivity contribution in [3.63, 3.8) is 0 Å². The zero-order valence-electron chi connectivity index (χ0n) is 18.4. The number of alkyl carbamates (subject to hydrolysis) is 1. The summed E-state index contributed by atoms with van der Waals surface area (Å²) in [6.07, 6.45) is -5.07. The van der Waals surface area contributed by atoms with E-state index in [2.05, 4.69) is 15.0 Å². The third-order valence-electron chi connectivity index (χ3n) is 5.69. The Hall–Kier alpha value is -3.34. The molecule has 0 spiro atoms. The Morgan fingerprint density at radius 3 is 2.21 bits per heavy atom. The number of anilines is 1. The van der Waals surface area contributed by atoms with E-state index in [0.717, 1.165) is 31.6 Å². The Balaban J connectivity index is 1.24. The molecule has 1 unspecified atom stereocenters. The Kier molecular flexibility index (Phi) is 6.65. The van der Waals surface area contributed by atoms with Crippen molar-refractivity contribution in [3.05, 3.63) is 48.5 Å². The number of cyclic esters (lactones) is 1. The lowest BCUT2D eigenvalue weighted by molar-refractivity contribution is -0.274. The number of aliphatic hydroxyl groups excluding tert-OH is 1. The summed E-state index contributed by atoms with van der Waals surface area (Å²) >= 11 is 0. The number of alkyl halides is 3. The minimum Gasteiger partial charge on any atom is -0.490 e. The van der Waals surface area contributed by atoms with Crippen molar-refractivity contribution in [2.24, 2.45) is 0 Å². The fourth-order valence-corrected chi connectivity index (χ4v) is 3.79. The molecule has 2 N–H and O–H groups in total. The molecule has 0 saturated carbocycles. The number of aliphatic hydroxyl groups is 1. The van der Waals surface area contributed by atoms with Crippen LogP contribution < -0.4 is 24.4 Å². The van der Waals surface area contributed by atoms with Gasteiger partial charge < -0.3 is 29.0 Å². The summed E-state index contributed by atoms with van der Waals surface area (Å²) in [6, 6.07) is 12.9. The summed E-state index contributed by atoms with van der Waals surface area (Å²) in [5.74, 6) is 0.793. The van der Waals surface area contributed by atoms with E-state index < -0.39 is 24.3 Å². The van der Waals surface area contributed by atoms with Gasteiger partial charge in [-0.05, 0) is 55.5 Å². The third-order valence-corrected chi connectivity index (χ3v) is 5.69. The van der Waals surface area contributed by atoms with Crippen LogP contribution in [0.3, 0.4) is 0 Å². The predicted molar refractivity (Wildman–Crippen MR) is 115 cm³/mol. The molecular formula is C23H25F3N2O6. The molecular weight excluding hydrogens is 457 g/mol. The number of hydrogen-bond acceptors (Lipinski definition) is 7. The average Bonchev–Trinajstić information content (AvgIpc) is 3.05. The highest BCUT2D eigenvalue weighted by Crippen LogP contribution is 2.29. The quantitative estimate of drug-likeness (QED) is 0.620. The largest absolute Gasteiger partial charge is 0.573 e. The Morgan fingerprint density at radius 1 is 1.06 bits per heavy atom. The first-order valence-corrected chi connectivity index (χ1v) is 10.8. The second-order valence-electron chi connectivity index (χ2n) is 8.36. The summed E-state index contributed by atoms with van der Waals surface area (Å²) in [4.78, 5) is 13.5. The maximum atomic E-state index is 12.3. The molecule has 2 aromatic rings. The van der Waals surface area contributed by atoms with Crippen molar-refractivity contribution < 1.29 is 42.0 Å². The number of carbonyl (C=O) groups excluding carboxylic acids is 1. The van der Waals surface area contributed by atoms with Crippen LogP contribution in [-0.4, -0.2) is 55.2 Å². The van der Waals surface area contributed by atoms with E-state index in [1.54, 1.807) is 6.92 Å². The molecule has 0 radical (unpaired) electrons. The van der Waals surface area contributed by atoms with Gasteiger partial charge in [0.25, 0.3) is 0 Å². The van der Waals surface area contributed by atoms with Crippen LogP contribution in [0.4, 0.5) is 23.7 Å². The van der Waals surface area contributed by atoms with Crippen LogP contribution in [0.2, 0.25) is 0 Å². The first-order valence-electron chi connectivity index (χ1n) is 10.8. The highest BCUT2D eigenvalue weighted by atomic mass is 19.4. The normalized spacial score (nSPS) is 23.3. The van der Waals surface area contributed by atoms with Crippen LogP contribution in [-0.2, 0) is 4.74 Å². The van der Waals surface area contributed by atoms with E-state index in [-0.39, 0.29) is 18.5 Å². The smallest absolute Gasteiger partial charge is 0.490 e. The number of ether oxygens (including phenoxy) is 4. The molecule has 2 fully saturated rings. The van der Waals surface area contributed by atoms with Gasteiger partial charge in [0.1, 0.15) is 30.0 Å². The highest BCUT2D eigenvalue weighted by Gasteiger charge is 2.45. The lowest BCUT2D eigenvalue weighted by Crippen LogP contribution is -2.45. The van der Waals surface area contributed by atoms with Gasteiger partial charge in [0.05, 0.1) is 0 Å². The lowest BCUT2D eigenvalue weighted by atomic mass is 10.1. The van der Waals surface area contributed by atoms with Crippen molar-refractivity contribution in [1.29, 1.82) is 0 Å². The molecule has 1 amide bonds. The van der Waals surface area contributed by atoms with Crippen molar-refractivity contribution in [2.75, 3.05) is 24.6 Å². The average molecular weight is 482 g/mol. The van der Waals surface area contributed by atoms with Gasteiger partial charge in [-0.25, -0.2) is 4.79 Å². The summed E-state index contributed by atoms with van der Waals surface area (Å²) < 4.78 is 57.3. The lowest BCUT2D eigenvalue weighted by Gasteiger charge is -2.34. The monoisotopic (exact) mass is 482 g/mol. The topological polar surface area (TPSA) is 89.5 Å². The van der Waals surface area contributed by atoms with E-state index in [1.807, 2.05) is 24.3 Å². The van der Waals surface area contributed by atoms with Gasteiger partial charge in [-0.2, -0.15) is 0 Å². The molecule has 0 bridgehead atoms. The molecule has 184 valence electrons. The Bertz CT molecular complexity index is 978. The molecule has 2 aliphatic heterocycles. The fourth-order valence-electron chi connectivity index (χ4n) is 3.79. The van der Waals surface area contributed by atoms with Crippen LogP contribution in [0, 0.1) is 0 Å². The standard InChI is InChI=1S/C23H25F3N2O6/c1-22(20(29)27-21(30)34-22)14-31-16-4-2-15(3-5-16)28-12-10-18(11-13-28)32-17-6-8-19(9-7-17)33-23(24,25)26/h2-9,18,20,29H,10-14H2,1H3,(H,27,30)/t20?,22-/m0/s1. The molecule has 11 heteroatoms. The van der Waals surface area contributed by atoms with Crippen molar-refractivity contribution >= 4 is 11.8 Å². The maximum Gasteiger partial charge on any atom is 0.573 e. The summed E-state index contributed by atoms with van der Waals surface area (Å²) in [5.41, 5.74) is -0.150. The third kappa shape index (κ3) is 5.96. The molecule has 2 aromatic carbocycles. The number of carbonyl (C=O) groups is 1. The second kappa shape index (κ2) is 9.49. The summed E-state index contributed by atoms with van der Waals surface area (Å²) in [5, 5.41) is 12.2. The molecule has 34 heavy (non-hydrogen) atoms. The molecule has 2 aliphatic rings. The number of nitrogens with one attached hydrogen (secondary N) is 1. The second-order valence-corrected chi connectivity index (χ2v) is 8.36. The minimum absolute atomic E-state index is 0.00169. The van der Waals surface area contributed by atoms with Crippen LogP contribution in [0.25, 0.3) is 0 Å². The zero-order chi connectivity index (χ0) is 24.3. The highest BCUT2D eigenvalue weighted by molar-refractivity contribution is 5.70. The van der Waals surface area contributed by atoms with Crippen molar-refractivity contribution in [3.8, 4) is 17.2 Å². The molecule has 2 atom stereocenters. The molecule has 0 aromatic heterocycles. The SMILES string of the molecule is C[C@@]1(COc2ccc(N3CCC(Oc4ccc(OC(F)(F)F)cc4)CC3)cc2)OC(=O)NC1O. The predicted octanol–water partition coefficient (Wildman–Crippen LogP) is 3.83. The number of nitrogens with zero attached hydrogens (tertiary/aromatic N) is 1. The summed E-state index contributed by atoms with van der Waals surface area (Å²) in [7, 11) is 0. The van der Waals surface area contributed by atoms with Crippen molar-refractivity contribution in [2.45, 2.75) is 44.1 Å². The summed E-state index contributed by atoms with van der Waals surface area (Å²) in [6.45, 7) is 3.09. The van der Waals surface area contributed by atoms with Gasteiger partial charge >= 0.3 is 12.5 Å². The van der Waals surface area contributed by atoms with Gasteiger partial charge in [0.2, 0.25) is 0 Å². The molecule has 2 heterocycles. The number of rotatable bonds is 7. The Morgan fingerprint density at radius 2 is 1.65 bits per heavy atom. The van der Waals surface area contributed by atoms with Gasteiger partial charge in [0.15, 0.2) is 11.8 Å². The Labute approximate surface area is 194 Å². The molecule has 2 saturated heterocycles. The first-order chi connectivity index (χ1) is 16.1. The molecule has 0 aliphatic carbocycles. The van der Waals surface area contributed by atoms with Gasteiger partial charge in [-0.3, -0.25) is 5.32 Å². The number of hydrogen-bond donors (Lipinski definition) is 2. The molecule has 4 rings (SSSR count). The fraction of sp³-hybridized carbons (Fsp3) is 0.435. The van der Waals surface area contributed by atoms with E-state index in [1.165, 1.54) is 24.3 Å². The van der Waals surface area contributed by atoms with Gasteiger partial charge in [0, 0.05) is 31.6 Å². The van der Waals surface area contributed by atoms with Crippen LogP contribution in [0.15, 0.2) is 48.5 Å². The maximum absolute atomic E-state index is 12.3. The van der Waals surface area contributed by atoms with Crippen LogP contribution in [0.1, 0.15) is 19.8 Å². The van der Waals surface area contributed by atoms with E-state index in [9.17, 15) is 23.1 Å². The number of amides is 1. The number of piperidine rings is 1.